The van der Waals surface area contributed by atoms with E-state index in [0.29, 0.717) is 29.1 Å². The number of hydrogen-bond donors (Lipinski definition) is 1. The molecule has 220 valence electrons. The minimum absolute atomic E-state index is 0.0239. The molecule has 4 heterocycles. The molecule has 8 rings (SSSR count). The van der Waals surface area contributed by atoms with Crippen LogP contribution < -0.4 is 10.5 Å². The molecule has 9 heteroatoms. The number of piperidine rings is 1. The van der Waals surface area contributed by atoms with Gasteiger partial charge in [0.15, 0.2) is 5.82 Å². The van der Waals surface area contributed by atoms with E-state index >= 15 is 0 Å². The number of carbonyl (C=O) groups is 1. The van der Waals surface area contributed by atoms with Gasteiger partial charge < -0.3 is 29.2 Å². The number of benzene rings is 1. The van der Waals surface area contributed by atoms with Gasteiger partial charge in [0, 0.05) is 56.0 Å². The van der Waals surface area contributed by atoms with Crippen molar-refractivity contribution in [3.05, 3.63) is 42.1 Å². The molecule has 3 aliphatic carbocycles. The zero-order valence-electron chi connectivity index (χ0n) is 24.8. The number of likely N-dealkylation sites (tertiary alicyclic amines) is 1. The molecule has 0 radical (unpaired) electrons. The topological polar surface area (TPSA) is 100 Å². The van der Waals surface area contributed by atoms with E-state index in [0.717, 1.165) is 78.9 Å². The largest absolute Gasteiger partial charge is 0.494 e. The smallest absolute Gasteiger partial charge is 0.254 e. The van der Waals surface area contributed by atoms with Gasteiger partial charge in [-0.1, -0.05) is 0 Å². The molecular formula is C33H40N6O3. The van der Waals surface area contributed by atoms with Crippen LogP contribution in [-0.2, 0) is 17.8 Å². The summed E-state index contributed by atoms with van der Waals surface area (Å²) in [6, 6.07) is 10.4. The van der Waals surface area contributed by atoms with Crippen LogP contribution in [0.3, 0.4) is 0 Å². The van der Waals surface area contributed by atoms with Crippen molar-refractivity contribution in [2.24, 2.45) is 23.5 Å². The molecule has 2 N–H and O–H groups in total. The molecule has 3 atom stereocenters. The molecule has 4 fully saturated rings. The molecule has 1 amide bonds. The Hall–Kier alpha value is -3.43. The normalized spacial score (nSPS) is 28.6. The van der Waals surface area contributed by atoms with Gasteiger partial charge in [0.2, 0.25) is 0 Å². The highest BCUT2D eigenvalue weighted by Crippen LogP contribution is 2.44. The lowest BCUT2D eigenvalue weighted by Gasteiger charge is -2.44. The van der Waals surface area contributed by atoms with E-state index in [1.54, 1.807) is 14.2 Å². The molecule has 4 aliphatic rings. The van der Waals surface area contributed by atoms with Crippen molar-refractivity contribution in [3.63, 3.8) is 0 Å². The molecule has 1 saturated heterocycles. The molecule has 3 aromatic heterocycles. The van der Waals surface area contributed by atoms with Gasteiger partial charge in [0.1, 0.15) is 16.9 Å². The van der Waals surface area contributed by atoms with Crippen LogP contribution in [0, 0.1) is 17.8 Å². The van der Waals surface area contributed by atoms with Crippen LogP contribution in [-0.4, -0.2) is 68.4 Å². The Morgan fingerprint density at radius 2 is 1.88 bits per heavy atom. The Morgan fingerprint density at radius 3 is 2.57 bits per heavy atom. The Bertz CT molecular complexity index is 1700. The second kappa shape index (κ2) is 9.54. The van der Waals surface area contributed by atoms with Crippen molar-refractivity contribution in [2.75, 3.05) is 20.8 Å². The first-order chi connectivity index (χ1) is 20.4. The Kier molecular flexibility index (Phi) is 5.96. The summed E-state index contributed by atoms with van der Waals surface area (Å²) in [7, 11) is 3.49. The van der Waals surface area contributed by atoms with Gasteiger partial charge in [-0.3, -0.25) is 4.79 Å². The average molecular weight is 569 g/mol. The number of nitrogens with zero attached hydrogens (tertiary/aromatic N) is 5. The predicted molar refractivity (Wildman–Crippen MR) is 161 cm³/mol. The van der Waals surface area contributed by atoms with Crippen LogP contribution in [0.2, 0.25) is 0 Å². The highest BCUT2D eigenvalue weighted by Gasteiger charge is 2.47. The van der Waals surface area contributed by atoms with E-state index in [1.807, 2.05) is 29.3 Å². The van der Waals surface area contributed by atoms with Gasteiger partial charge in [-0.2, -0.15) is 0 Å². The summed E-state index contributed by atoms with van der Waals surface area (Å²) in [5.41, 5.74) is 10.8. The maximum Gasteiger partial charge on any atom is 0.254 e. The lowest BCUT2D eigenvalue weighted by atomic mass is 9.72. The molecule has 2 bridgehead atoms. The van der Waals surface area contributed by atoms with Gasteiger partial charge in [0.25, 0.3) is 5.91 Å². The minimum atomic E-state index is -0.0777. The number of methoxy groups -OCH3 is 2. The van der Waals surface area contributed by atoms with Gasteiger partial charge in [-0.05, 0) is 93.5 Å². The summed E-state index contributed by atoms with van der Waals surface area (Å²) in [5, 5.41) is 1.12. The fourth-order valence-corrected chi connectivity index (χ4v) is 8.06. The van der Waals surface area contributed by atoms with Crippen LogP contribution >= 0.6 is 0 Å². The first kappa shape index (κ1) is 26.2. The molecule has 1 aliphatic heterocycles. The number of carbonyl (C=O) groups excluding carboxylic acids is 1. The summed E-state index contributed by atoms with van der Waals surface area (Å²) in [5.74, 6) is 3.14. The summed E-state index contributed by atoms with van der Waals surface area (Å²) < 4.78 is 16.5. The predicted octanol–water partition coefficient (Wildman–Crippen LogP) is 4.85. The second-order valence-corrected chi connectivity index (χ2v) is 13.5. The highest BCUT2D eigenvalue weighted by atomic mass is 16.5. The van der Waals surface area contributed by atoms with Crippen molar-refractivity contribution >= 4 is 28.0 Å². The number of amides is 1. The van der Waals surface area contributed by atoms with Crippen molar-refractivity contribution < 1.29 is 14.3 Å². The third kappa shape index (κ3) is 4.07. The van der Waals surface area contributed by atoms with Gasteiger partial charge in [-0.25, -0.2) is 9.97 Å². The third-order valence-corrected chi connectivity index (χ3v) is 10.6. The summed E-state index contributed by atoms with van der Waals surface area (Å²) in [6.45, 7) is 4.66. The highest BCUT2D eigenvalue weighted by molar-refractivity contribution is 6.00. The monoisotopic (exact) mass is 568 g/mol. The molecule has 9 nitrogen and oxygen atoms in total. The minimum Gasteiger partial charge on any atom is -0.494 e. The van der Waals surface area contributed by atoms with Crippen molar-refractivity contribution in [3.8, 4) is 17.3 Å². The molecule has 3 saturated carbocycles. The maximum absolute atomic E-state index is 13.8. The summed E-state index contributed by atoms with van der Waals surface area (Å²) >= 11 is 0. The first-order valence-corrected chi connectivity index (χ1v) is 15.5. The van der Waals surface area contributed by atoms with Crippen LogP contribution in [0.5, 0.6) is 5.75 Å². The molecule has 0 spiro atoms. The SMILES string of the molecule is COc1cc(C(=O)N2C[C@H]3CC[C@@H]2[C@@H]3N)cc2nc(-c3cc4cccnc4n3CC3CC3)n(C[C@H]3C[C@@](C)(OC)C3)c12. The molecule has 4 aromatic rings. The van der Waals surface area contributed by atoms with E-state index < -0.39 is 0 Å². The number of hydrogen-bond acceptors (Lipinski definition) is 6. The van der Waals surface area contributed by atoms with Crippen molar-refractivity contribution in [1.29, 1.82) is 0 Å². The molecule has 1 aromatic carbocycles. The molecule has 42 heavy (non-hydrogen) atoms. The lowest BCUT2D eigenvalue weighted by molar-refractivity contribution is -0.0937. The fourth-order valence-electron chi connectivity index (χ4n) is 8.06. The number of nitrogens with two attached hydrogens (primary N) is 1. The Balaban J connectivity index is 1.27. The quantitative estimate of drug-likeness (QED) is 0.326. The zero-order valence-corrected chi connectivity index (χ0v) is 24.8. The van der Waals surface area contributed by atoms with E-state index in [9.17, 15) is 4.79 Å². The van der Waals surface area contributed by atoms with Crippen LogP contribution in [0.1, 0.15) is 55.8 Å². The molecular weight excluding hydrogens is 528 g/mol. The van der Waals surface area contributed by atoms with Gasteiger partial charge in [0.05, 0.1) is 23.9 Å². The number of ether oxygens (including phenoxy) is 2. The van der Waals surface area contributed by atoms with Crippen LogP contribution in [0.4, 0.5) is 0 Å². The molecule has 0 unspecified atom stereocenters. The second-order valence-electron chi connectivity index (χ2n) is 13.5. The number of fused-ring (bicyclic) bond motifs is 4. The maximum atomic E-state index is 13.8. The van der Waals surface area contributed by atoms with Crippen LogP contribution in [0.25, 0.3) is 33.6 Å². The first-order valence-electron chi connectivity index (χ1n) is 15.5. The van der Waals surface area contributed by atoms with Crippen LogP contribution in [0.15, 0.2) is 36.5 Å². The lowest BCUT2D eigenvalue weighted by Crippen LogP contribution is -2.44. The summed E-state index contributed by atoms with van der Waals surface area (Å²) in [4.78, 5) is 25.9. The van der Waals surface area contributed by atoms with E-state index in [1.165, 1.54) is 12.8 Å². The number of aromatic nitrogens is 4. The van der Waals surface area contributed by atoms with Crippen molar-refractivity contribution in [2.45, 2.75) is 76.2 Å². The van der Waals surface area contributed by atoms with Gasteiger partial charge >= 0.3 is 0 Å². The third-order valence-electron chi connectivity index (χ3n) is 10.6. The number of pyridine rings is 1. The van der Waals surface area contributed by atoms with E-state index in [-0.39, 0.29) is 23.6 Å². The zero-order chi connectivity index (χ0) is 28.7. The van der Waals surface area contributed by atoms with Crippen molar-refractivity contribution in [1.82, 2.24) is 24.0 Å². The Labute approximate surface area is 246 Å². The Morgan fingerprint density at radius 1 is 1.07 bits per heavy atom. The average Bonchev–Trinajstić information content (AvgIpc) is 3.35. The van der Waals surface area contributed by atoms with E-state index in [2.05, 4.69) is 28.2 Å². The van der Waals surface area contributed by atoms with Gasteiger partial charge in [-0.15, -0.1) is 0 Å². The van der Waals surface area contributed by atoms with E-state index in [4.69, 9.17) is 25.2 Å². The number of rotatable bonds is 8. The fraction of sp³-hybridized carbons (Fsp3) is 0.545. The standard InChI is InChI=1S/C33H40N6O3/c1-33(42-3)14-20(15-33)17-39-29-24(11-23(13-27(29)41-2)32(40)38-18-22-8-9-25(38)28(22)34)36-31(39)26-12-21-5-4-10-35-30(21)37(26)16-19-6-7-19/h4-5,10-13,19-20,22,25,28H,6-9,14-18,34H2,1-3H3/t20-,22-,25-,28-,33+/m1/s1. The number of imidazole rings is 1. The summed E-state index contributed by atoms with van der Waals surface area (Å²) in [6.07, 6.45) is 8.45.